The Kier molecular flexibility index (Phi) is 8.30. The van der Waals surface area contributed by atoms with Crippen LogP contribution in [-0.4, -0.2) is 11.6 Å². The highest BCUT2D eigenvalue weighted by atomic mass is 16.5. The number of benzene rings is 4. The van der Waals surface area contributed by atoms with Crippen molar-refractivity contribution >= 4 is 5.97 Å². The second kappa shape index (κ2) is 11.5. The average Bonchev–Trinajstić information content (AvgIpc) is 2.96. The van der Waals surface area contributed by atoms with E-state index >= 15 is 0 Å². The lowest BCUT2D eigenvalue weighted by molar-refractivity contribution is -0.143. The number of rotatable bonds is 9. The minimum Gasteiger partial charge on any atom is -0.488 e. The smallest absolute Gasteiger partial charge is 0.316 e. The molecule has 0 aromatic heterocycles. The maximum absolute atomic E-state index is 12.5. The minimum absolute atomic E-state index is 0.197. The summed E-state index contributed by atoms with van der Waals surface area (Å²) < 4.78 is 12.1. The number of esters is 1. The Morgan fingerprint density at radius 2 is 0.949 bits per heavy atom. The van der Waals surface area contributed by atoms with E-state index in [9.17, 15) is 4.79 Å². The minimum atomic E-state index is -0.591. The van der Waals surface area contributed by atoms with Crippen LogP contribution in [0.25, 0.3) is 0 Å². The van der Waals surface area contributed by atoms with E-state index in [1.165, 1.54) is 0 Å². The van der Waals surface area contributed by atoms with Crippen molar-refractivity contribution in [2.45, 2.75) is 65.4 Å². The normalized spacial score (nSPS) is 12.2. The van der Waals surface area contributed by atoms with Gasteiger partial charge in [0.2, 0.25) is 0 Å². The molecular formula is C36H40O3. The summed E-state index contributed by atoms with van der Waals surface area (Å²) in [5.74, 6) is 1.15. The average molecular weight is 521 g/mol. The molecule has 4 aromatic carbocycles. The van der Waals surface area contributed by atoms with Crippen molar-refractivity contribution in [2.24, 2.45) is 5.41 Å². The number of hydrogen-bond acceptors (Lipinski definition) is 3. The summed E-state index contributed by atoms with van der Waals surface area (Å²) in [5.41, 5.74) is 3.14. The van der Waals surface area contributed by atoms with Gasteiger partial charge in [-0.3, -0.25) is 4.79 Å². The molecule has 0 unspecified atom stereocenters. The van der Waals surface area contributed by atoms with Crippen LogP contribution in [0.1, 0.15) is 76.6 Å². The summed E-state index contributed by atoms with van der Waals surface area (Å²) in [5, 5.41) is 0. The molecule has 0 N–H and O–H groups in total. The van der Waals surface area contributed by atoms with Gasteiger partial charge in [-0.05, 0) is 87.1 Å². The summed E-state index contributed by atoms with van der Waals surface area (Å²) in [6, 6.07) is 37.6. The largest absolute Gasteiger partial charge is 0.488 e. The molecule has 4 aromatic rings. The van der Waals surface area contributed by atoms with E-state index in [0.29, 0.717) is 5.75 Å². The van der Waals surface area contributed by atoms with Gasteiger partial charge in [-0.2, -0.15) is 0 Å². The highest BCUT2D eigenvalue weighted by Crippen LogP contribution is 2.46. The fourth-order valence-corrected chi connectivity index (χ4v) is 4.86. The second-order valence-corrected chi connectivity index (χ2v) is 11.4. The molecule has 3 heteroatoms. The van der Waals surface area contributed by atoms with Gasteiger partial charge in [0.1, 0.15) is 17.1 Å². The van der Waals surface area contributed by atoms with E-state index in [4.69, 9.17) is 9.47 Å². The van der Waals surface area contributed by atoms with E-state index in [2.05, 4.69) is 106 Å². The van der Waals surface area contributed by atoms with E-state index in [1.54, 1.807) is 0 Å². The lowest BCUT2D eigenvalue weighted by Gasteiger charge is -2.37. The van der Waals surface area contributed by atoms with Gasteiger partial charge < -0.3 is 9.47 Å². The Balaban J connectivity index is 1.88. The van der Waals surface area contributed by atoms with Gasteiger partial charge in [-0.1, -0.05) is 98.8 Å². The summed E-state index contributed by atoms with van der Waals surface area (Å²) in [4.78, 5) is 12.5. The third-order valence-corrected chi connectivity index (χ3v) is 7.67. The van der Waals surface area contributed by atoms with Gasteiger partial charge in [0.15, 0.2) is 0 Å². The molecule has 0 spiro atoms. The Morgan fingerprint density at radius 1 is 0.564 bits per heavy atom. The Bertz CT molecular complexity index is 1310. The molecule has 0 amide bonds. The fraction of sp³-hybridized carbons (Fsp3) is 0.306. The molecule has 0 radical (unpaired) electrons. The SMILES string of the molecule is CCC(C)(CC)Oc1ccc(C(c2ccccc2)(c2ccccc2)c2ccc(OC(=O)C(C)(C)C)cc2)cc1. The van der Waals surface area contributed by atoms with E-state index in [1.807, 2.05) is 45.0 Å². The number of ether oxygens (including phenoxy) is 2. The van der Waals surface area contributed by atoms with Crippen LogP contribution < -0.4 is 9.47 Å². The first kappa shape index (κ1) is 28.2. The molecule has 4 rings (SSSR count). The molecule has 0 aliphatic carbocycles. The van der Waals surface area contributed by atoms with E-state index in [-0.39, 0.29) is 11.6 Å². The quantitative estimate of drug-likeness (QED) is 0.125. The number of hydrogen-bond donors (Lipinski definition) is 0. The predicted molar refractivity (Wildman–Crippen MR) is 159 cm³/mol. The molecule has 0 aliphatic heterocycles. The van der Waals surface area contributed by atoms with Crippen molar-refractivity contribution in [1.82, 2.24) is 0 Å². The first-order chi connectivity index (χ1) is 18.6. The monoisotopic (exact) mass is 520 g/mol. The highest BCUT2D eigenvalue weighted by molar-refractivity contribution is 5.78. The first-order valence-electron chi connectivity index (χ1n) is 13.9. The number of carbonyl (C=O) groups excluding carboxylic acids is 1. The third kappa shape index (κ3) is 5.93. The maximum Gasteiger partial charge on any atom is 0.316 e. The third-order valence-electron chi connectivity index (χ3n) is 7.67. The van der Waals surface area contributed by atoms with E-state index in [0.717, 1.165) is 40.8 Å². The first-order valence-corrected chi connectivity index (χ1v) is 13.9. The topological polar surface area (TPSA) is 35.5 Å². The maximum atomic E-state index is 12.5. The Morgan fingerprint density at radius 3 is 1.33 bits per heavy atom. The van der Waals surface area contributed by atoms with Crippen molar-refractivity contribution in [2.75, 3.05) is 0 Å². The van der Waals surface area contributed by atoms with Gasteiger partial charge in [-0.15, -0.1) is 0 Å². The molecule has 0 bridgehead atoms. The van der Waals surface area contributed by atoms with Gasteiger partial charge in [0.25, 0.3) is 0 Å². The van der Waals surface area contributed by atoms with Crippen molar-refractivity contribution < 1.29 is 14.3 Å². The highest BCUT2D eigenvalue weighted by Gasteiger charge is 2.38. The van der Waals surface area contributed by atoms with Crippen LogP contribution in [0.3, 0.4) is 0 Å². The summed E-state index contributed by atoms with van der Waals surface area (Å²) in [6.45, 7) is 12.1. The van der Waals surface area contributed by atoms with Crippen molar-refractivity contribution in [1.29, 1.82) is 0 Å². The molecule has 0 saturated heterocycles. The summed E-state index contributed by atoms with van der Waals surface area (Å²) >= 11 is 0. The van der Waals surface area contributed by atoms with Gasteiger partial charge >= 0.3 is 5.97 Å². The zero-order valence-electron chi connectivity index (χ0n) is 24.0. The standard InChI is InChI=1S/C36H40O3/c1-7-35(6,8-2)39-32-25-21-30(22-26-32)36(27-15-11-9-12-16-27,28-17-13-10-14-18-28)29-19-23-31(24-20-29)38-33(37)34(3,4)5/h9-26H,7-8H2,1-6H3. The fourth-order valence-electron chi connectivity index (χ4n) is 4.86. The van der Waals surface area contributed by atoms with E-state index < -0.39 is 10.8 Å². The lowest BCUT2D eigenvalue weighted by Crippen LogP contribution is -2.32. The molecule has 0 aliphatic rings. The van der Waals surface area contributed by atoms with Gasteiger partial charge in [0.05, 0.1) is 10.8 Å². The molecule has 0 fully saturated rings. The van der Waals surface area contributed by atoms with Crippen molar-refractivity contribution in [3.63, 3.8) is 0 Å². The van der Waals surface area contributed by atoms with Crippen LogP contribution in [-0.2, 0) is 10.2 Å². The van der Waals surface area contributed by atoms with Crippen LogP contribution >= 0.6 is 0 Å². The zero-order valence-corrected chi connectivity index (χ0v) is 24.0. The number of carbonyl (C=O) groups is 1. The second-order valence-electron chi connectivity index (χ2n) is 11.4. The summed E-state index contributed by atoms with van der Waals surface area (Å²) in [6.07, 6.45) is 1.88. The molecule has 39 heavy (non-hydrogen) atoms. The van der Waals surface area contributed by atoms with Crippen LogP contribution in [0.5, 0.6) is 11.5 Å². The molecular weight excluding hydrogens is 480 g/mol. The molecule has 202 valence electrons. The van der Waals surface area contributed by atoms with Crippen molar-refractivity contribution in [3.8, 4) is 11.5 Å². The molecule has 0 heterocycles. The molecule has 0 saturated carbocycles. The molecule has 0 atom stereocenters. The Labute approximate surface area is 233 Å². The van der Waals surface area contributed by atoms with Crippen LogP contribution in [0.4, 0.5) is 0 Å². The van der Waals surface area contributed by atoms with Gasteiger partial charge in [-0.25, -0.2) is 0 Å². The predicted octanol–water partition coefficient (Wildman–Crippen LogP) is 8.98. The lowest BCUT2D eigenvalue weighted by atomic mass is 9.65. The molecule has 3 nitrogen and oxygen atoms in total. The van der Waals surface area contributed by atoms with Gasteiger partial charge in [0, 0.05) is 0 Å². The van der Waals surface area contributed by atoms with Crippen LogP contribution in [0, 0.1) is 5.41 Å². The van der Waals surface area contributed by atoms with Crippen LogP contribution in [0.2, 0.25) is 0 Å². The van der Waals surface area contributed by atoms with Crippen molar-refractivity contribution in [3.05, 3.63) is 131 Å². The van der Waals surface area contributed by atoms with Crippen LogP contribution in [0.15, 0.2) is 109 Å². The zero-order chi connectivity index (χ0) is 28.1. The summed E-state index contributed by atoms with van der Waals surface area (Å²) in [7, 11) is 0. The Hall–Kier alpha value is -3.85.